The largest absolute Gasteiger partial charge is 0.618 e. The summed E-state index contributed by atoms with van der Waals surface area (Å²) in [7, 11) is 1.25. The van der Waals surface area contributed by atoms with Gasteiger partial charge < -0.3 is 14.7 Å². The number of nitrogens with zero attached hydrogens (tertiary/aromatic N) is 1. The number of alkyl halides is 3. The van der Waals surface area contributed by atoms with Crippen molar-refractivity contribution in [2.45, 2.75) is 13.1 Å². The Morgan fingerprint density at radius 2 is 2.06 bits per heavy atom. The maximum absolute atomic E-state index is 11.9. The fourth-order valence-corrected chi connectivity index (χ4v) is 1.12. The van der Waals surface area contributed by atoms with Crippen LogP contribution in [0.2, 0.25) is 0 Å². The highest BCUT2D eigenvalue weighted by Gasteiger charge is 2.29. The van der Waals surface area contributed by atoms with Crippen LogP contribution in [-0.2, 0) is 0 Å². The van der Waals surface area contributed by atoms with Crippen molar-refractivity contribution >= 4 is 0 Å². The van der Waals surface area contributed by atoms with E-state index in [4.69, 9.17) is 4.74 Å². The molecule has 0 saturated heterocycles. The van der Waals surface area contributed by atoms with E-state index in [0.717, 1.165) is 12.3 Å². The molecule has 1 aromatic rings. The third-order valence-electron chi connectivity index (χ3n) is 1.84. The van der Waals surface area contributed by atoms with Crippen molar-refractivity contribution in [1.29, 1.82) is 0 Å². The molecular weight excluding hydrogens is 227 g/mol. The SMILES string of the molecule is COc1c(OCC(F)(F)F)cc[n+]([O-])c1C. The minimum Gasteiger partial charge on any atom is -0.618 e. The van der Waals surface area contributed by atoms with Crippen LogP contribution in [-0.4, -0.2) is 19.9 Å². The lowest BCUT2D eigenvalue weighted by atomic mass is 10.3. The van der Waals surface area contributed by atoms with Gasteiger partial charge in [0, 0.05) is 13.0 Å². The monoisotopic (exact) mass is 237 g/mol. The average molecular weight is 237 g/mol. The van der Waals surface area contributed by atoms with Gasteiger partial charge in [-0.25, -0.2) is 0 Å². The Labute approximate surface area is 89.8 Å². The van der Waals surface area contributed by atoms with Gasteiger partial charge in [0.15, 0.2) is 18.6 Å². The molecule has 0 atom stereocenters. The fourth-order valence-electron chi connectivity index (χ4n) is 1.12. The van der Waals surface area contributed by atoms with Gasteiger partial charge in [-0.3, -0.25) is 0 Å². The number of rotatable bonds is 3. The van der Waals surface area contributed by atoms with E-state index in [2.05, 4.69) is 4.74 Å². The molecule has 0 aliphatic heterocycles. The molecule has 1 aromatic heterocycles. The van der Waals surface area contributed by atoms with Crippen LogP contribution in [0.3, 0.4) is 0 Å². The summed E-state index contributed by atoms with van der Waals surface area (Å²) in [5, 5.41) is 11.1. The molecule has 0 aliphatic rings. The molecule has 0 aromatic carbocycles. The van der Waals surface area contributed by atoms with Crippen molar-refractivity contribution < 1.29 is 27.4 Å². The van der Waals surface area contributed by atoms with Gasteiger partial charge in [-0.15, -0.1) is 0 Å². The van der Waals surface area contributed by atoms with Crippen LogP contribution in [0.25, 0.3) is 0 Å². The van der Waals surface area contributed by atoms with Crippen LogP contribution < -0.4 is 14.2 Å². The Morgan fingerprint density at radius 1 is 1.44 bits per heavy atom. The minimum atomic E-state index is -4.43. The first-order valence-corrected chi connectivity index (χ1v) is 4.31. The maximum Gasteiger partial charge on any atom is 0.422 e. The summed E-state index contributed by atoms with van der Waals surface area (Å²) in [6.45, 7) is -0.00203. The Hall–Kier alpha value is -1.66. The van der Waals surface area contributed by atoms with E-state index in [1.54, 1.807) is 0 Å². The highest BCUT2D eigenvalue weighted by molar-refractivity contribution is 5.39. The number of hydrogen-bond acceptors (Lipinski definition) is 3. The van der Waals surface area contributed by atoms with Crippen molar-refractivity contribution in [3.05, 3.63) is 23.2 Å². The first-order chi connectivity index (χ1) is 7.35. The molecule has 0 aliphatic carbocycles. The summed E-state index contributed by atoms with van der Waals surface area (Å²) in [5.41, 5.74) is 0.141. The smallest absolute Gasteiger partial charge is 0.422 e. The number of ether oxygens (including phenoxy) is 2. The number of methoxy groups -OCH3 is 1. The summed E-state index contributed by atoms with van der Waals surface area (Å²) in [4.78, 5) is 0. The first-order valence-electron chi connectivity index (χ1n) is 4.31. The van der Waals surface area contributed by atoms with Crippen molar-refractivity contribution in [2.24, 2.45) is 0 Å². The van der Waals surface area contributed by atoms with Crippen LogP contribution in [0.4, 0.5) is 13.2 Å². The molecule has 0 fully saturated rings. The van der Waals surface area contributed by atoms with E-state index >= 15 is 0 Å². The fraction of sp³-hybridized carbons (Fsp3) is 0.444. The summed E-state index contributed by atoms with van der Waals surface area (Å²) < 4.78 is 45.6. The van der Waals surface area contributed by atoms with Crippen LogP contribution in [0, 0.1) is 12.1 Å². The zero-order valence-electron chi connectivity index (χ0n) is 8.67. The molecule has 0 bridgehead atoms. The molecule has 0 amide bonds. The van der Waals surface area contributed by atoms with Gasteiger partial charge >= 0.3 is 6.18 Å². The minimum absolute atomic E-state index is 0.00162. The van der Waals surface area contributed by atoms with Gasteiger partial charge in [0.25, 0.3) is 0 Å². The second kappa shape index (κ2) is 4.46. The highest BCUT2D eigenvalue weighted by atomic mass is 19.4. The molecule has 1 rings (SSSR count). The molecular formula is C9H10F3NO3. The predicted octanol–water partition coefficient (Wildman–Crippen LogP) is 1.58. The topological polar surface area (TPSA) is 45.4 Å². The summed E-state index contributed by atoms with van der Waals surface area (Å²) in [6, 6.07) is 1.13. The van der Waals surface area contributed by atoms with Gasteiger partial charge in [0.1, 0.15) is 0 Å². The summed E-state index contributed by atoms with van der Waals surface area (Å²) in [6.07, 6.45) is -3.37. The molecule has 1 heterocycles. The van der Waals surface area contributed by atoms with E-state index in [0.29, 0.717) is 4.73 Å². The average Bonchev–Trinajstić information content (AvgIpc) is 2.18. The van der Waals surface area contributed by atoms with E-state index in [-0.39, 0.29) is 17.2 Å². The van der Waals surface area contributed by atoms with Gasteiger partial charge in [0.2, 0.25) is 11.4 Å². The first kappa shape index (κ1) is 12.4. The molecule has 7 heteroatoms. The number of aromatic nitrogens is 1. The van der Waals surface area contributed by atoms with Gasteiger partial charge in [-0.2, -0.15) is 17.9 Å². The standard InChI is InChI=1S/C9H10F3NO3/c1-6-8(15-2)7(3-4-13(6)14)16-5-9(10,11)12/h3-4H,5H2,1-2H3. The van der Waals surface area contributed by atoms with Gasteiger partial charge in [-0.05, 0) is 0 Å². The van der Waals surface area contributed by atoms with Crippen molar-refractivity contribution in [2.75, 3.05) is 13.7 Å². The second-order valence-electron chi connectivity index (χ2n) is 3.03. The van der Waals surface area contributed by atoms with E-state index < -0.39 is 12.8 Å². The third kappa shape index (κ3) is 2.91. The van der Waals surface area contributed by atoms with Crippen molar-refractivity contribution in [1.82, 2.24) is 0 Å². The van der Waals surface area contributed by atoms with E-state index in [1.165, 1.54) is 14.0 Å². The zero-order chi connectivity index (χ0) is 12.3. The molecule has 0 unspecified atom stereocenters. The van der Waals surface area contributed by atoms with Gasteiger partial charge in [0.05, 0.1) is 7.11 Å². The Balaban J connectivity index is 2.92. The van der Waals surface area contributed by atoms with Crippen LogP contribution in [0.15, 0.2) is 12.3 Å². The number of halogens is 3. The third-order valence-corrected chi connectivity index (χ3v) is 1.84. The quantitative estimate of drug-likeness (QED) is 0.592. The van der Waals surface area contributed by atoms with E-state index in [1.807, 2.05) is 0 Å². The number of hydrogen-bond donors (Lipinski definition) is 0. The lowest BCUT2D eigenvalue weighted by Crippen LogP contribution is -2.30. The normalized spacial score (nSPS) is 11.3. The Bertz CT molecular complexity index is 379. The van der Waals surface area contributed by atoms with Gasteiger partial charge in [-0.1, -0.05) is 0 Å². The molecule has 16 heavy (non-hydrogen) atoms. The maximum atomic E-state index is 11.9. The highest BCUT2D eigenvalue weighted by Crippen LogP contribution is 2.29. The molecule has 4 nitrogen and oxygen atoms in total. The Morgan fingerprint density at radius 3 is 2.56 bits per heavy atom. The van der Waals surface area contributed by atoms with Crippen LogP contribution in [0.5, 0.6) is 11.5 Å². The summed E-state index contributed by atoms with van der Waals surface area (Å²) >= 11 is 0. The number of pyridine rings is 1. The molecule has 90 valence electrons. The molecule has 0 N–H and O–H groups in total. The lowest BCUT2D eigenvalue weighted by Gasteiger charge is -2.13. The van der Waals surface area contributed by atoms with Crippen LogP contribution >= 0.6 is 0 Å². The molecule has 0 spiro atoms. The lowest BCUT2D eigenvalue weighted by molar-refractivity contribution is -0.612. The van der Waals surface area contributed by atoms with Crippen molar-refractivity contribution in [3.8, 4) is 11.5 Å². The Kier molecular flexibility index (Phi) is 3.46. The zero-order valence-corrected chi connectivity index (χ0v) is 8.67. The van der Waals surface area contributed by atoms with Crippen molar-refractivity contribution in [3.63, 3.8) is 0 Å². The molecule has 0 saturated carbocycles. The van der Waals surface area contributed by atoms with E-state index in [9.17, 15) is 18.4 Å². The summed E-state index contributed by atoms with van der Waals surface area (Å²) in [5.74, 6) is -0.105. The predicted molar refractivity (Wildman–Crippen MR) is 48.2 cm³/mol. The molecule has 0 radical (unpaired) electrons. The van der Waals surface area contributed by atoms with Crippen LogP contribution in [0.1, 0.15) is 5.69 Å². The second-order valence-corrected chi connectivity index (χ2v) is 3.03.